The van der Waals surface area contributed by atoms with Gasteiger partial charge in [0.25, 0.3) is 0 Å². The number of allylic oxidation sites excluding steroid dienone is 1. The van der Waals surface area contributed by atoms with Crippen LogP contribution in [0.5, 0.6) is 5.75 Å². The van der Waals surface area contributed by atoms with Crippen LogP contribution in [-0.2, 0) is 19.6 Å². The molecule has 0 radical (unpaired) electrons. The molecule has 0 aliphatic rings. The lowest BCUT2D eigenvalue weighted by molar-refractivity contribution is 0.281. The molecule has 0 bridgehead atoms. The van der Waals surface area contributed by atoms with Gasteiger partial charge in [-0.2, -0.15) is 0 Å². The Bertz CT molecular complexity index is 1190. The molecule has 1 N–H and O–H groups in total. The smallest absolute Gasteiger partial charge is 0.130 e. The Morgan fingerprint density at radius 1 is 0.900 bits per heavy atom. The van der Waals surface area contributed by atoms with Crippen molar-refractivity contribution in [1.82, 2.24) is 4.98 Å². The van der Waals surface area contributed by atoms with Gasteiger partial charge in [0.05, 0.1) is 17.8 Å². The van der Waals surface area contributed by atoms with Crippen LogP contribution in [0.15, 0.2) is 84.9 Å². The van der Waals surface area contributed by atoms with Crippen molar-refractivity contribution in [2.75, 3.05) is 0 Å². The zero-order valence-electron chi connectivity index (χ0n) is 16.5. The van der Waals surface area contributed by atoms with Crippen LogP contribution in [0.3, 0.4) is 0 Å². The number of rotatable bonds is 7. The van der Waals surface area contributed by atoms with Crippen LogP contribution in [0.1, 0.15) is 22.4 Å². The van der Waals surface area contributed by atoms with E-state index in [0.29, 0.717) is 11.6 Å². The van der Waals surface area contributed by atoms with Gasteiger partial charge in [-0.1, -0.05) is 72.3 Å². The van der Waals surface area contributed by atoms with E-state index in [0.717, 1.165) is 45.5 Å². The Labute approximate surface area is 181 Å². The molecule has 1 heterocycles. The van der Waals surface area contributed by atoms with Crippen molar-refractivity contribution < 1.29 is 9.84 Å². The fraction of sp³-hybridized carbons (Fsp3) is 0.115. The summed E-state index contributed by atoms with van der Waals surface area (Å²) in [4.78, 5) is 4.63. The highest BCUT2D eigenvalue weighted by molar-refractivity contribution is 6.31. The van der Waals surface area contributed by atoms with E-state index in [-0.39, 0.29) is 6.61 Å². The maximum atomic E-state index is 9.44. The number of hydrogen-bond acceptors (Lipinski definition) is 3. The monoisotopic (exact) mass is 415 g/mol. The van der Waals surface area contributed by atoms with Crippen LogP contribution in [-0.4, -0.2) is 10.1 Å². The molecule has 0 saturated carbocycles. The number of aromatic nitrogens is 1. The molecule has 1 aromatic heterocycles. The van der Waals surface area contributed by atoms with E-state index in [9.17, 15) is 5.11 Å². The highest BCUT2D eigenvalue weighted by Gasteiger charge is 2.02. The molecular weight excluding hydrogens is 394 g/mol. The van der Waals surface area contributed by atoms with E-state index >= 15 is 0 Å². The third kappa shape index (κ3) is 5.07. The minimum atomic E-state index is 0.0579. The molecule has 0 amide bonds. The van der Waals surface area contributed by atoms with Gasteiger partial charge >= 0.3 is 0 Å². The van der Waals surface area contributed by atoms with Crippen molar-refractivity contribution in [3.8, 4) is 5.75 Å². The van der Waals surface area contributed by atoms with Gasteiger partial charge in [0, 0.05) is 10.4 Å². The summed E-state index contributed by atoms with van der Waals surface area (Å²) in [5, 5.41) is 11.2. The number of nitrogens with zero attached hydrogens (tertiary/aromatic N) is 1. The van der Waals surface area contributed by atoms with Gasteiger partial charge in [-0.25, -0.2) is 4.98 Å². The predicted molar refractivity (Wildman–Crippen MR) is 123 cm³/mol. The zero-order chi connectivity index (χ0) is 20.8. The summed E-state index contributed by atoms with van der Waals surface area (Å²) in [6, 6.07) is 25.6. The van der Waals surface area contributed by atoms with Crippen LogP contribution in [0.25, 0.3) is 17.0 Å². The van der Waals surface area contributed by atoms with Gasteiger partial charge in [-0.05, 0) is 53.4 Å². The van der Waals surface area contributed by atoms with Gasteiger partial charge in [0.1, 0.15) is 12.4 Å². The summed E-state index contributed by atoms with van der Waals surface area (Å²) in [6.07, 6.45) is 4.94. The van der Waals surface area contributed by atoms with Gasteiger partial charge in [-0.15, -0.1) is 0 Å². The van der Waals surface area contributed by atoms with E-state index in [1.807, 2.05) is 78.9 Å². The second-order valence-electron chi connectivity index (χ2n) is 7.03. The fourth-order valence-electron chi connectivity index (χ4n) is 3.31. The number of ether oxygens (including phenoxy) is 1. The van der Waals surface area contributed by atoms with E-state index in [4.69, 9.17) is 16.3 Å². The normalized spacial score (nSPS) is 11.3. The van der Waals surface area contributed by atoms with E-state index < -0.39 is 0 Å². The van der Waals surface area contributed by atoms with Crippen molar-refractivity contribution in [2.45, 2.75) is 19.6 Å². The molecule has 30 heavy (non-hydrogen) atoms. The number of benzene rings is 3. The number of pyridine rings is 1. The van der Waals surface area contributed by atoms with Crippen molar-refractivity contribution in [2.24, 2.45) is 0 Å². The second-order valence-corrected chi connectivity index (χ2v) is 7.47. The first-order valence-electron chi connectivity index (χ1n) is 9.83. The zero-order valence-corrected chi connectivity index (χ0v) is 17.2. The lowest BCUT2D eigenvalue weighted by Gasteiger charge is -2.08. The average molecular weight is 416 g/mol. The summed E-state index contributed by atoms with van der Waals surface area (Å²) in [5.41, 5.74) is 4.87. The molecule has 0 saturated heterocycles. The van der Waals surface area contributed by atoms with Crippen LogP contribution >= 0.6 is 11.6 Å². The summed E-state index contributed by atoms with van der Waals surface area (Å²) >= 11 is 6.07. The lowest BCUT2D eigenvalue weighted by Crippen LogP contribution is -1.98. The summed E-state index contributed by atoms with van der Waals surface area (Å²) < 4.78 is 5.95. The van der Waals surface area contributed by atoms with E-state index in [1.54, 1.807) is 0 Å². The maximum Gasteiger partial charge on any atom is 0.130 e. The third-order valence-electron chi connectivity index (χ3n) is 4.89. The van der Waals surface area contributed by atoms with Gasteiger partial charge in [0.2, 0.25) is 0 Å². The average Bonchev–Trinajstić information content (AvgIpc) is 2.78. The number of halogens is 1. The maximum absolute atomic E-state index is 9.44. The first-order chi connectivity index (χ1) is 14.7. The molecule has 4 heteroatoms. The summed E-state index contributed by atoms with van der Waals surface area (Å²) in [7, 11) is 0. The molecule has 4 rings (SSSR count). The lowest BCUT2D eigenvalue weighted by atomic mass is 10.0. The van der Waals surface area contributed by atoms with Gasteiger partial charge in [-0.3, -0.25) is 0 Å². The van der Waals surface area contributed by atoms with Crippen LogP contribution in [0, 0.1) is 0 Å². The Balaban J connectivity index is 1.41. The number of fused-ring (bicyclic) bond motifs is 1. The van der Waals surface area contributed by atoms with Crippen molar-refractivity contribution >= 4 is 28.6 Å². The van der Waals surface area contributed by atoms with Crippen LogP contribution < -0.4 is 4.74 Å². The molecule has 0 unspecified atom stereocenters. The molecular formula is C26H22ClNO2. The highest BCUT2D eigenvalue weighted by Crippen LogP contribution is 2.20. The molecule has 0 atom stereocenters. The number of aliphatic hydroxyl groups is 1. The molecule has 0 aliphatic heterocycles. The highest BCUT2D eigenvalue weighted by atomic mass is 35.5. The molecule has 3 aromatic carbocycles. The summed E-state index contributed by atoms with van der Waals surface area (Å²) in [5.74, 6) is 0.792. The van der Waals surface area contributed by atoms with E-state index in [2.05, 4.69) is 17.1 Å². The molecule has 4 aromatic rings. The fourth-order valence-corrected chi connectivity index (χ4v) is 3.48. The number of aliphatic hydroxyl groups excluding tert-OH is 1. The first kappa shape index (κ1) is 20.1. The predicted octanol–water partition coefficient (Wildman–Crippen LogP) is 6.22. The van der Waals surface area contributed by atoms with Gasteiger partial charge < -0.3 is 9.84 Å². The Kier molecular flexibility index (Phi) is 6.43. The largest absolute Gasteiger partial charge is 0.487 e. The topological polar surface area (TPSA) is 42.4 Å². The molecule has 3 nitrogen and oxygen atoms in total. The third-order valence-corrected chi connectivity index (χ3v) is 5.13. The molecule has 0 aliphatic carbocycles. The SMILES string of the molecule is OCc1ccccc1CC=Cc1cccc(OCc2ccc3ccc(Cl)cc3n2)c1. The molecule has 0 spiro atoms. The standard InChI is InChI=1S/C26H22ClNO2/c27-23-13-11-21-12-14-24(28-26(21)16-23)18-30-25-10-4-6-19(15-25)5-3-9-20-7-1-2-8-22(20)17-29/h1-8,10-16,29H,9,17-18H2. The Hall–Kier alpha value is -3.14. The van der Waals surface area contributed by atoms with Crippen LogP contribution in [0.2, 0.25) is 5.02 Å². The van der Waals surface area contributed by atoms with Crippen molar-refractivity contribution in [1.29, 1.82) is 0 Å². The second kappa shape index (κ2) is 9.57. The number of hydrogen-bond donors (Lipinski definition) is 1. The van der Waals surface area contributed by atoms with Crippen LogP contribution in [0.4, 0.5) is 0 Å². The van der Waals surface area contributed by atoms with Crippen molar-refractivity contribution in [3.63, 3.8) is 0 Å². The first-order valence-corrected chi connectivity index (χ1v) is 10.2. The Morgan fingerprint density at radius 2 is 1.73 bits per heavy atom. The summed E-state index contributed by atoms with van der Waals surface area (Å²) in [6.45, 7) is 0.446. The van der Waals surface area contributed by atoms with Gasteiger partial charge in [0.15, 0.2) is 0 Å². The Morgan fingerprint density at radius 3 is 2.60 bits per heavy atom. The van der Waals surface area contributed by atoms with E-state index in [1.165, 1.54) is 0 Å². The molecule has 150 valence electrons. The minimum Gasteiger partial charge on any atom is -0.487 e. The quantitative estimate of drug-likeness (QED) is 0.390. The molecule has 0 fully saturated rings. The minimum absolute atomic E-state index is 0.0579. The van der Waals surface area contributed by atoms with Crippen molar-refractivity contribution in [3.05, 3.63) is 112 Å².